The number of likely N-dealkylation sites (N-methyl/N-ethyl adjacent to an activating group) is 1. The second-order valence-electron chi connectivity index (χ2n) is 5.30. The van der Waals surface area contributed by atoms with Gasteiger partial charge >= 0.3 is 0 Å². The molecule has 4 heteroatoms. The van der Waals surface area contributed by atoms with Crippen molar-refractivity contribution in [1.29, 1.82) is 0 Å². The third-order valence-corrected chi connectivity index (χ3v) is 3.89. The summed E-state index contributed by atoms with van der Waals surface area (Å²) in [5, 5.41) is 3.61. The molecular formula is C14H21N3O. The SMILES string of the molecule is CN1CCOC(CNC2CCc3cccnc32)C1. The first kappa shape index (κ1) is 12.1. The molecule has 1 N–H and O–H groups in total. The molecule has 1 aliphatic carbocycles. The minimum atomic E-state index is 0.316. The molecule has 4 nitrogen and oxygen atoms in total. The highest BCUT2D eigenvalue weighted by atomic mass is 16.5. The van der Waals surface area contributed by atoms with Crippen LogP contribution in [0.3, 0.4) is 0 Å². The fourth-order valence-corrected chi connectivity index (χ4v) is 2.88. The molecule has 0 spiro atoms. The average Bonchev–Trinajstić information content (AvgIpc) is 2.80. The van der Waals surface area contributed by atoms with Gasteiger partial charge in [-0.3, -0.25) is 4.98 Å². The molecule has 2 heterocycles. The average molecular weight is 247 g/mol. The first-order valence-corrected chi connectivity index (χ1v) is 6.80. The highest BCUT2D eigenvalue weighted by Crippen LogP contribution is 2.28. The highest BCUT2D eigenvalue weighted by molar-refractivity contribution is 5.27. The third kappa shape index (κ3) is 2.55. The number of nitrogens with one attached hydrogen (secondary N) is 1. The van der Waals surface area contributed by atoms with Crippen LogP contribution in [0.1, 0.15) is 23.7 Å². The van der Waals surface area contributed by atoms with Crippen LogP contribution < -0.4 is 5.32 Å². The first-order valence-electron chi connectivity index (χ1n) is 6.80. The molecular weight excluding hydrogens is 226 g/mol. The van der Waals surface area contributed by atoms with Gasteiger partial charge in [-0.05, 0) is 31.5 Å². The van der Waals surface area contributed by atoms with E-state index in [9.17, 15) is 0 Å². The smallest absolute Gasteiger partial charge is 0.0826 e. The number of morpholine rings is 1. The molecule has 3 rings (SSSR count). The third-order valence-electron chi connectivity index (χ3n) is 3.89. The van der Waals surface area contributed by atoms with E-state index in [2.05, 4.69) is 28.3 Å². The van der Waals surface area contributed by atoms with E-state index < -0.39 is 0 Å². The molecule has 2 atom stereocenters. The fourth-order valence-electron chi connectivity index (χ4n) is 2.88. The van der Waals surface area contributed by atoms with E-state index in [4.69, 9.17) is 4.74 Å². The Balaban J connectivity index is 1.55. The molecule has 0 radical (unpaired) electrons. The van der Waals surface area contributed by atoms with Crippen molar-refractivity contribution in [3.8, 4) is 0 Å². The number of fused-ring (bicyclic) bond motifs is 1. The van der Waals surface area contributed by atoms with Crippen molar-refractivity contribution in [3.63, 3.8) is 0 Å². The molecule has 0 amide bonds. The van der Waals surface area contributed by atoms with E-state index >= 15 is 0 Å². The van der Waals surface area contributed by atoms with Gasteiger partial charge in [-0.25, -0.2) is 0 Å². The lowest BCUT2D eigenvalue weighted by Crippen LogP contribution is -2.45. The van der Waals surface area contributed by atoms with Gasteiger partial charge in [0.2, 0.25) is 0 Å². The van der Waals surface area contributed by atoms with Gasteiger partial charge in [0.05, 0.1) is 24.4 Å². The largest absolute Gasteiger partial charge is 0.374 e. The minimum Gasteiger partial charge on any atom is -0.374 e. The molecule has 0 saturated carbocycles. The molecule has 18 heavy (non-hydrogen) atoms. The Bertz CT molecular complexity index is 410. The zero-order valence-corrected chi connectivity index (χ0v) is 10.9. The second-order valence-corrected chi connectivity index (χ2v) is 5.30. The van der Waals surface area contributed by atoms with Crippen LogP contribution in [-0.4, -0.2) is 49.3 Å². The Hall–Kier alpha value is -0.970. The van der Waals surface area contributed by atoms with Gasteiger partial charge in [-0.15, -0.1) is 0 Å². The van der Waals surface area contributed by atoms with Gasteiger partial charge < -0.3 is 15.0 Å². The zero-order valence-electron chi connectivity index (χ0n) is 10.9. The molecule has 1 fully saturated rings. The summed E-state index contributed by atoms with van der Waals surface area (Å²) in [4.78, 5) is 6.84. The normalized spacial score (nSPS) is 28.3. The summed E-state index contributed by atoms with van der Waals surface area (Å²) in [6, 6.07) is 4.63. The standard InChI is InChI=1S/C14H21N3O/c1-17-7-8-18-12(10-17)9-16-13-5-4-11-3-2-6-15-14(11)13/h2-3,6,12-13,16H,4-5,7-10H2,1H3. The second kappa shape index (κ2) is 5.34. The lowest BCUT2D eigenvalue weighted by Gasteiger charge is -2.31. The minimum absolute atomic E-state index is 0.316. The van der Waals surface area contributed by atoms with Gasteiger partial charge in [0.1, 0.15) is 0 Å². The van der Waals surface area contributed by atoms with Crippen LogP contribution in [0.5, 0.6) is 0 Å². The van der Waals surface area contributed by atoms with Crippen molar-refractivity contribution in [1.82, 2.24) is 15.2 Å². The summed E-state index contributed by atoms with van der Waals surface area (Å²) < 4.78 is 5.77. The predicted molar refractivity (Wildman–Crippen MR) is 70.5 cm³/mol. The van der Waals surface area contributed by atoms with Crippen molar-refractivity contribution in [2.24, 2.45) is 0 Å². The van der Waals surface area contributed by atoms with Crippen molar-refractivity contribution >= 4 is 0 Å². The number of nitrogens with zero attached hydrogens (tertiary/aromatic N) is 2. The lowest BCUT2D eigenvalue weighted by molar-refractivity contribution is -0.0193. The number of aromatic nitrogens is 1. The number of hydrogen-bond donors (Lipinski definition) is 1. The Labute approximate surface area is 108 Å². The molecule has 1 saturated heterocycles. The maximum atomic E-state index is 5.77. The Morgan fingerprint density at radius 3 is 3.39 bits per heavy atom. The van der Waals surface area contributed by atoms with Crippen LogP contribution in [0, 0.1) is 0 Å². The van der Waals surface area contributed by atoms with Crippen molar-refractivity contribution in [2.45, 2.75) is 25.0 Å². The Morgan fingerprint density at radius 1 is 1.56 bits per heavy atom. The van der Waals surface area contributed by atoms with Crippen LogP contribution in [0.2, 0.25) is 0 Å². The van der Waals surface area contributed by atoms with Gasteiger partial charge in [-0.1, -0.05) is 6.07 Å². The summed E-state index contributed by atoms with van der Waals surface area (Å²) in [6.07, 6.45) is 4.52. The molecule has 2 unspecified atom stereocenters. The van der Waals surface area contributed by atoms with E-state index in [1.165, 1.54) is 11.3 Å². The summed E-state index contributed by atoms with van der Waals surface area (Å²) in [6.45, 7) is 3.84. The molecule has 1 aromatic rings. The Kier molecular flexibility index (Phi) is 3.59. The van der Waals surface area contributed by atoms with Gasteiger partial charge in [0.25, 0.3) is 0 Å². The van der Waals surface area contributed by atoms with E-state index in [1.54, 1.807) is 0 Å². The first-order chi connectivity index (χ1) is 8.83. The zero-order chi connectivity index (χ0) is 12.4. The van der Waals surface area contributed by atoms with Crippen LogP contribution in [-0.2, 0) is 11.2 Å². The quantitative estimate of drug-likeness (QED) is 0.864. The topological polar surface area (TPSA) is 37.4 Å². The maximum absolute atomic E-state index is 5.77. The fraction of sp³-hybridized carbons (Fsp3) is 0.643. The molecule has 1 aliphatic heterocycles. The number of hydrogen-bond acceptors (Lipinski definition) is 4. The molecule has 0 bridgehead atoms. The monoisotopic (exact) mass is 247 g/mol. The number of pyridine rings is 1. The summed E-state index contributed by atoms with van der Waals surface area (Å²) in [7, 11) is 2.15. The van der Waals surface area contributed by atoms with Crippen LogP contribution in [0.15, 0.2) is 18.3 Å². The van der Waals surface area contributed by atoms with Crippen LogP contribution >= 0.6 is 0 Å². The molecule has 2 aliphatic rings. The lowest BCUT2D eigenvalue weighted by atomic mass is 10.2. The van der Waals surface area contributed by atoms with Crippen LogP contribution in [0.4, 0.5) is 0 Å². The van der Waals surface area contributed by atoms with E-state index in [0.717, 1.165) is 39.1 Å². The Morgan fingerprint density at radius 2 is 2.50 bits per heavy atom. The van der Waals surface area contributed by atoms with Gasteiger partial charge in [-0.2, -0.15) is 0 Å². The molecule has 98 valence electrons. The van der Waals surface area contributed by atoms with Crippen LogP contribution in [0.25, 0.3) is 0 Å². The maximum Gasteiger partial charge on any atom is 0.0826 e. The van der Waals surface area contributed by atoms with E-state index in [0.29, 0.717) is 12.1 Å². The summed E-state index contributed by atoms with van der Waals surface area (Å²) in [5.41, 5.74) is 2.64. The van der Waals surface area contributed by atoms with Gasteiger partial charge in [0, 0.05) is 25.8 Å². The van der Waals surface area contributed by atoms with E-state index in [-0.39, 0.29) is 0 Å². The summed E-state index contributed by atoms with van der Waals surface area (Å²) in [5.74, 6) is 0. The predicted octanol–water partition coefficient (Wildman–Crippen LogP) is 0.989. The number of ether oxygens (including phenoxy) is 1. The van der Waals surface area contributed by atoms with Gasteiger partial charge in [0.15, 0.2) is 0 Å². The van der Waals surface area contributed by atoms with Crippen molar-refractivity contribution < 1.29 is 4.74 Å². The molecule has 1 aromatic heterocycles. The highest BCUT2D eigenvalue weighted by Gasteiger charge is 2.25. The number of aryl methyl sites for hydroxylation is 1. The van der Waals surface area contributed by atoms with E-state index in [1.807, 2.05) is 12.3 Å². The summed E-state index contributed by atoms with van der Waals surface area (Å²) >= 11 is 0. The number of rotatable bonds is 3. The molecule has 0 aromatic carbocycles. The van der Waals surface area contributed by atoms with Crippen molar-refractivity contribution in [3.05, 3.63) is 29.6 Å². The van der Waals surface area contributed by atoms with Crippen molar-refractivity contribution in [2.75, 3.05) is 33.3 Å².